The second kappa shape index (κ2) is 5.18. The highest BCUT2D eigenvalue weighted by Gasteiger charge is 2.16. The molecule has 0 radical (unpaired) electrons. The van der Waals surface area contributed by atoms with Gasteiger partial charge in [0, 0.05) is 6.20 Å². The second-order valence-corrected chi connectivity index (χ2v) is 4.73. The summed E-state index contributed by atoms with van der Waals surface area (Å²) in [7, 11) is 1.30. The van der Waals surface area contributed by atoms with Gasteiger partial charge in [-0.05, 0) is 24.3 Å². The third-order valence-corrected chi connectivity index (χ3v) is 3.41. The van der Waals surface area contributed by atoms with Crippen LogP contribution in [0.5, 0.6) is 0 Å². The molecule has 0 aliphatic carbocycles. The van der Waals surface area contributed by atoms with Crippen molar-refractivity contribution in [3.63, 3.8) is 0 Å². The number of ether oxygens (including phenoxy) is 1. The number of hydrogen-bond donors (Lipinski definition) is 0. The van der Waals surface area contributed by atoms with Crippen LogP contribution < -0.4 is 0 Å². The maximum atomic E-state index is 13.9. The molecule has 6 heteroatoms. The zero-order valence-electron chi connectivity index (χ0n) is 11.0. The SMILES string of the molecule is COC(=O)c1ccc2c(Cl)nc(-c3ccccc3F)n2c1. The summed E-state index contributed by atoms with van der Waals surface area (Å²) in [5.74, 6) is -0.565. The lowest BCUT2D eigenvalue weighted by atomic mass is 10.2. The molecule has 0 atom stereocenters. The number of nitrogens with zero attached hydrogens (tertiary/aromatic N) is 2. The lowest BCUT2D eigenvalue weighted by Crippen LogP contribution is -2.03. The number of rotatable bonds is 2. The Morgan fingerprint density at radius 2 is 2.05 bits per heavy atom. The maximum absolute atomic E-state index is 13.9. The van der Waals surface area contributed by atoms with Gasteiger partial charge in [-0.25, -0.2) is 14.2 Å². The van der Waals surface area contributed by atoms with Crippen molar-refractivity contribution in [2.75, 3.05) is 7.11 Å². The molecule has 3 aromatic rings. The Morgan fingerprint density at radius 1 is 1.29 bits per heavy atom. The summed E-state index contributed by atoms with van der Waals surface area (Å²) >= 11 is 6.08. The molecular formula is C15H10ClFN2O2. The van der Waals surface area contributed by atoms with Gasteiger partial charge in [-0.15, -0.1) is 0 Å². The van der Waals surface area contributed by atoms with Crippen LogP contribution in [0.25, 0.3) is 16.9 Å². The van der Waals surface area contributed by atoms with Crippen LogP contribution in [0.4, 0.5) is 4.39 Å². The minimum absolute atomic E-state index is 0.240. The van der Waals surface area contributed by atoms with Gasteiger partial charge in [-0.1, -0.05) is 23.7 Å². The van der Waals surface area contributed by atoms with Gasteiger partial charge < -0.3 is 4.74 Å². The largest absolute Gasteiger partial charge is 0.465 e. The Morgan fingerprint density at radius 3 is 2.76 bits per heavy atom. The quantitative estimate of drug-likeness (QED) is 0.680. The number of aromatic nitrogens is 2. The summed E-state index contributed by atoms with van der Waals surface area (Å²) in [5, 5.41) is 0.240. The van der Waals surface area contributed by atoms with Crippen LogP contribution >= 0.6 is 11.6 Å². The van der Waals surface area contributed by atoms with E-state index in [0.29, 0.717) is 22.5 Å². The van der Waals surface area contributed by atoms with Gasteiger partial charge in [0.25, 0.3) is 0 Å². The highest BCUT2D eigenvalue weighted by molar-refractivity contribution is 6.33. The number of benzene rings is 1. The molecule has 4 nitrogen and oxygen atoms in total. The first-order valence-electron chi connectivity index (χ1n) is 6.12. The topological polar surface area (TPSA) is 43.6 Å². The molecule has 0 bridgehead atoms. The van der Waals surface area contributed by atoms with Crippen LogP contribution in [0.15, 0.2) is 42.6 Å². The van der Waals surface area contributed by atoms with E-state index in [2.05, 4.69) is 9.72 Å². The fourth-order valence-electron chi connectivity index (χ4n) is 2.12. The number of pyridine rings is 1. The Labute approximate surface area is 124 Å². The molecule has 0 unspecified atom stereocenters. The Bertz CT molecular complexity index is 845. The fourth-order valence-corrected chi connectivity index (χ4v) is 2.35. The Kier molecular flexibility index (Phi) is 3.35. The van der Waals surface area contributed by atoms with Crippen LogP contribution in [0.3, 0.4) is 0 Å². The van der Waals surface area contributed by atoms with Crippen molar-refractivity contribution >= 4 is 23.1 Å². The predicted octanol–water partition coefficient (Wildman–Crippen LogP) is 3.58. The van der Waals surface area contributed by atoms with Gasteiger partial charge in [0.05, 0.1) is 23.8 Å². The van der Waals surface area contributed by atoms with Crippen LogP contribution in [0, 0.1) is 5.82 Å². The first-order valence-corrected chi connectivity index (χ1v) is 6.50. The summed E-state index contributed by atoms with van der Waals surface area (Å²) in [5.41, 5.74) is 1.22. The normalized spacial score (nSPS) is 10.8. The summed E-state index contributed by atoms with van der Waals surface area (Å²) in [4.78, 5) is 15.8. The van der Waals surface area contributed by atoms with E-state index in [1.165, 1.54) is 19.4 Å². The van der Waals surface area contributed by atoms with E-state index in [9.17, 15) is 9.18 Å². The van der Waals surface area contributed by atoms with E-state index >= 15 is 0 Å². The third kappa shape index (κ3) is 2.25. The van der Waals surface area contributed by atoms with E-state index in [4.69, 9.17) is 11.6 Å². The summed E-state index contributed by atoms with van der Waals surface area (Å²) in [6.07, 6.45) is 1.53. The van der Waals surface area contributed by atoms with E-state index in [-0.39, 0.29) is 5.15 Å². The van der Waals surface area contributed by atoms with Crippen molar-refractivity contribution in [1.82, 2.24) is 9.38 Å². The number of methoxy groups -OCH3 is 1. The Hall–Kier alpha value is -2.40. The van der Waals surface area contributed by atoms with Gasteiger partial charge in [-0.2, -0.15) is 0 Å². The lowest BCUT2D eigenvalue weighted by molar-refractivity contribution is 0.0600. The van der Waals surface area contributed by atoms with Crippen LogP contribution in [0.1, 0.15) is 10.4 Å². The van der Waals surface area contributed by atoms with Gasteiger partial charge in [0.2, 0.25) is 0 Å². The molecule has 0 aliphatic heterocycles. The number of fused-ring (bicyclic) bond motifs is 1. The molecule has 0 N–H and O–H groups in total. The molecule has 0 saturated heterocycles. The van der Waals surface area contributed by atoms with Crippen LogP contribution in [-0.2, 0) is 4.74 Å². The smallest absolute Gasteiger partial charge is 0.339 e. The summed E-state index contributed by atoms with van der Waals surface area (Å²) in [6.45, 7) is 0. The Balaban J connectivity index is 2.28. The van der Waals surface area contributed by atoms with Crippen molar-refractivity contribution in [3.05, 3.63) is 59.1 Å². The molecular weight excluding hydrogens is 295 g/mol. The van der Waals surface area contributed by atoms with Gasteiger partial charge in [0.15, 0.2) is 5.15 Å². The number of carbonyl (C=O) groups excluding carboxylic acids is 1. The molecule has 1 aromatic carbocycles. The first kappa shape index (κ1) is 13.6. The molecule has 0 amide bonds. The lowest BCUT2D eigenvalue weighted by Gasteiger charge is -2.04. The van der Waals surface area contributed by atoms with Crippen molar-refractivity contribution in [3.8, 4) is 11.4 Å². The molecule has 3 rings (SSSR count). The maximum Gasteiger partial charge on any atom is 0.339 e. The minimum Gasteiger partial charge on any atom is -0.465 e. The number of esters is 1. The zero-order valence-corrected chi connectivity index (χ0v) is 11.8. The monoisotopic (exact) mass is 304 g/mol. The predicted molar refractivity (Wildman–Crippen MR) is 76.9 cm³/mol. The molecule has 0 aliphatic rings. The third-order valence-electron chi connectivity index (χ3n) is 3.13. The van der Waals surface area contributed by atoms with Crippen LogP contribution in [0.2, 0.25) is 5.15 Å². The molecule has 2 aromatic heterocycles. The average molecular weight is 305 g/mol. The van der Waals surface area contributed by atoms with Gasteiger partial charge in [0.1, 0.15) is 11.6 Å². The summed E-state index contributed by atoms with van der Waals surface area (Å²) in [6, 6.07) is 9.47. The van der Waals surface area contributed by atoms with Crippen molar-refractivity contribution in [2.45, 2.75) is 0 Å². The minimum atomic E-state index is -0.485. The van der Waals surface area contributed by atoms with Crippen LogP contribution in [-0.4, -0.2) is 22.5 Å². The number of hydrogen-bond acceptors (Lipinski definition) is 3. The molecule has 0 spiro atoms. The highest BCUT2D eigenvalue weighted by Crippen LogP contribution is 2.28. The average Bonchev–Trinajstić information content (AvgIpc) is 2.83. The van der Waals surface area contributed by atoms with Crippen molar-refractivity contribution < 1.29 is 13.9 Å². The number of carbonyl (C=O) groups is 1. The zero-order chi connectivity index (χ0) is 15.0. The van der Waals surface area contributed by atoms with E-state index < -0.39 is 11.8 Å². The number of halogens is 2. The van der Waals surface area contributed by atoms with Gasteiger partial charge >= 0.3 is 5.97 Å². The molecule has 21 heavy (non-hydrogen) atoms. The molecule has 2 heterocycles. The molecule has 0 fully saturated rings. The molecule has 0 saturated carbocycles. The fraction of sp³-hybridized carbons (Fsp3) is 0.0667. The number of imidazole rings is 1. The van der Waals surface area contributed by atoms with Crippen molar-refractivity contribution in [2.24, 2.45) is 0 Å². The van der Waals surface area contributed by atoms with E-state index in [1.54, 1.807) is 34.7 Å². The summed E-state index contributed by atoms with van der Waals surface area (Å²) < 4.78 is 20.2. The molecule has 106 valence electrons. The second-order valence-electron chi connectivity index (χ2n) is 4.37. The standard InChI is InChI=1S/C15H10ClFN2O2/c1-21-15(20)9-6-7-12-13(16)18-14(19(12)8-9)10-4-2-3-5-11(10)17/h2-8H,1H3. The highest BCUT2D eigenvalue weighted by atomic mass is 35.5. The first-order chi connectivity index (χ1) is 10.1. The van der Waals surface area contributed by atoms with E-state index in [1.807, 2.05) is 0 Å². The van der Waals surface area contributed by atoms with E-state index in [0.717, 1.165) is 0 Å². The van der Waals surface area contributed by atoms with Crippen molar-refractivity contribution in [1.29, 1.82) is 0 Å². The van der Waals surface area contributed by atoms with Gasteiger partial charge in [-0.3, -0.25) is 4.40 Å².